The second-order valence-corrected chi connectivity index (χ2v) is 5.43. The van der Waals surface area contributed by atoms with Crippen LogP contribution in [0.1, 0.15) is 5.69 Å². The van der Waals surface area contributed by atoms with Crippen LogP contribution in [0.25, 0.3) is 22.4 Å². The maximum absolute atomic E-state index is 4.82. The summed E-state index contributed by atoms with van der Waals surface area (Å²) in [5.41, 5.74) is 2.92. The summed E-state index contributed by atoms with van der Waals surface area (Å²) in [4.78, 5) is 15.0. The van der Waals surface area contributed by atoms with Gasteiger partial charge in [0.2, 0.25) is 0 Å². The third-order valence-corrected chi connectivity index (χ3v) is 3.63. The maximum Gasteiger partial charge on any atom is 0.163 e. The van der Waals surface area contributed by atoms with Crippen molar-refractivity contribution < 1.29 is 0 Å². The number of nitrogens with one attached hydrogen (secondary N) is 1. The van der Waals surface area contributed by atoms with E-state index < -0.39 is 0 Å². The van der Waals surface area contributed by atoms with E-state index in [9.17, 15) is 0 Å². The molecule has 0 aliphatic carbocycles. The van der Waals surface area contributed by atoms with Gasteiger partial charge in [0.05, 0.1) is 5.39 Å². The lowest BCUT2D eigenvalue weighted by Crippen LogP contribution is -2.24. The molecule has 116 valence electrons. The quantitative estimate of drug-likeness (QED) is 0.697. The summed E-state index contributed by atoms with van der Waals surface area (Å²) in [6.07, 6.45) is 3.75. The van der Waals surface area contributed by atoms with E-state index >= 15 is 0 Å². The molecule has 2 heterocycles. The predicted molar refractivity (Wildman–Crippen MR) is 96.7 cm³/mol. The van der Waals surface area contributed by atoms with Crippen LogP contribution in [0.3, 0.4) is 0 Å². The van der Waals surface area contributed by atoms with E-state index in [2.05, 4.69) is 34.1 Å². The van der Waals surface area contributed by atoms with Crippen molar-refractivity contribution in [3.8, 4) is 11.4 Å². The summed E-state index contributed by atoms with van der Waals surface area (Å²) in [5, 5.41) is 1.02. The van der Waals surface area contributed by atoms with Crippen molar-refractivity contribution in [1.29, 1.82) is 0 Å². The summed E-state index contributed by atoms with van der Waals surface area (Å²) >= 11 is 0. The molecule has 0 fully saturated rings. The Balaban J connectivity index is 2.21. The molecular weight excluding hydrogens is 284 g/mol. The first-order valence-electron chi connectivity index (χ1n) is 7.62. The van der Waals surface area contributed by atoms with Gasteiger partial charge in [0, 0.05) is 24.3 Å². The van der Waals surface area contributed by atoms with Crippen LogP contribution in [0.2, 0.25) is 0 Å². The molecule has 0 amide bonds. The molecule has 0 saturated carbocycles. The number of aromatic nitrogens is 3. The van der Waals surface area contributed by atoms with Crippen LogP contribution in [-0.2, 0) is 0 Å². The zero-order chi connectivity index (χ0) is 16.2. The minimum atomic E-state index is 0.705. The topological polar surface area (TPSA) is 44.8 Å². The summed E-state index contributed by atoms with van der Waals surface area (Å²) in [6, 6.07) is 12.1. The van der Waals surface area contributed by atoms with Gasteiger partial charge in [0.15, 0.2) is 5.82 Å². The molecule has 0 aliphatic rings. The first-order chi connectivity index (χ1) is 11.2. The van der Waals surface area contributed by atoms with Gasteiger partial charge in [-0.3, -0.25) is 0 Å². The van der Waals surface area contributed by atoms with Gasteiger partial charge in [-0.2, -0.15) is 0 Å². The van der Waals surface area contributed by atoms with Gasteiger partial charge in [-0.25, -0.2) is 9.97 Å². The van der Waals surface area contributed by atoms with Gasteiger partial charge >= 0.3 is 0 Å². The Kier molecular flexibility index (Phi) is 4.24. The fourth-order valence-electron chi connectivity index (χ4n) is 2.64. The van der Waals surface area contributed by atoms with Crippen LogP contribution in [-0.4, -0.2) is 28.0 Å². The van der Waals surface area contributed by atoms with Crippen molar-refractivity contribution >= 4 is 16.9 Å². The number of hydrogen-bond donors (Lipinski definition) is 1. The summed E-state index contributed by atoms with van der Waals surface area (Å²) in [7, 11) is 0. The molecule has 1 aromatic carbocycles. The monoisotopic (exact) mass is 304 g/mol. The molecular formula is C19H20N4. The average Bonchev–Trinajstić information content (AvgIpc) is 2.94. The number of aryl methyl sites for hydroxylation is 1. The molecule has 4 nitrogen and oxygen atoms in total. The Morgan fingerprint density at radius 1 is 1.09 bits per heavy atom. The normalized spacial score (nSPS) is 10.7. The minimum Gasteiger partial charge on any atom is -0.349 e. The predicted octanol–water partition coefficient (Wildman–Crippen LogP) is 4.11. The van der Waals surface area contributed by atoms with Crippen LogP contribution in [0.15, 0.2) is 61.7 Å². The molecule has 0 spiro atoms. The number of hydrogen-bond acceptors (Lipinski definition) is 3. The molecule has 0 saturated heterocycles. The van der Waals surface area contributed by atoms with Gasteiger partial charge in [-0.1, -0.05) is 42.5 Å². The Labute approximate surface area is 136 Å². The van der Waals surface area contributed by atoms with Crippen molar-refractivity contribution in [2.75, 3.05) is 18.0 Å². The van der Waals surface area contributed by atoms with E-state index in [1.807, 2.05) is 49.4 Å². The Bertz CT molecular complexity index is 823. The highest BCUT2D eigenvalue weighted by molar-refractivity contribution is 5.90. The van der Waals surface area contributed by atoms with Crippen LogP contribution in [0, 0.1) is 6.92 Å². The van der Waals surface area contributed by atoms with Crippen LogP contribution >= 0.6 is 0 Å². The smallest absolute Gasteiger partial charge is 0.163 e. The second-order valence-electron chi connectivity index (χ2n) is 5.43. The molecule has 4 heteroatoms. The van der Waals surface area contributed by atoms with Gasteiger partial charge in [-0.15, -0.1) is 13.2 Å². The number of H-pyrrole nitrogens is 1. The van der Waals surface area contributed by atoms with E-state index in [-0.39, 0.29) is 0 Å². The number of aromatic amines is 1. The van der Waals surface area contributed by atoms with Crippen molar-refractivity contribution in [1.82, 2.24) is 15.0 Å². The Morgan fingerprint density at radius 3 is 2.43 bits per heavy atom. The molecule has 2 aromatic heterocycles. The van der Waals surface area contributed by atoms with Crippen molar-refractivity contribution in [3.05, 3.63) is 67.4 Å². The number of nitrogens with zero attached hydrogens (tertiary/aromatic N) is 3. The number of rotatable bonds is 6. The lowest BCUT2D eigenvalue weighted by atomic mass is 10.2. The molecule has 0 bridgehead atoms. The third-order valence-electron chi connectivity index (χ3n) is 3.63. The van der Waals surface area contributed by atoms with Gasteiger partial charge < -0.3 is 9.88 Å². The number of fused-ring (bicyclic) bond motifs is 1. The molecule has 3 rings (SSSR count). The van der Waals surface area contributed by atoms with Crippen molar-refractivity contribution in [3.63, 3.8) is 0 Å². The first-order valence-corrected chi connectivity index (χ1v) is 7.62. The molecule has 1 N–H and O–H groups in total. The molecule has 3 aromatic rings. The average molecular weight is 304 g/mol. The lowest BCUT2D eigenvalue weighted by Gasteiger charge is -2.21. The molecule has 23 heavy (non-hydrogen) atoms. The highest BCUT2D eigenvalue weighted by Gasteiger charge is 2.15. The van der Waals surface area contributed by atoms with E-state index in [0.717, 1.165) is 28.1 Å². The lowest BCUT2D eigenvalue weighted by molar-refractivity contribution is 0.930. The van der Waals surface area contributed by atoms with Gasteiger partial charge in [0.1, 0.15) is 11.5 Å². The molecule has 0 atom stereocenters. The highest BCUT2D eigenvalue weighted by atomic mass is 15.2. The third kappa shape index (κ3) is 3.01. The Morgan fingerprint density at radius 2 is 1.78 bits per heavy atom. The maximum atomic E-state index is 4.82. The van der Waals surface area contributed by atoms with Crippen molar-refractivity contribution in [2.45, 2.75) is 6.92 Å². The fraction of sp³-hybridized carbons (Fsp3) is 0.158. The fourth-order valence-corrected chi connectivity index (χ4v) is 2.64. The largest absolute Gasteiger partial charge is 0.349 e. The van der Waals surface area contributed by atoms with E-state index in [1.165, 1.54) is 0 Å². The number of anilines is 1. The van der Waals surface area contributed by atoms with Crippen LogP contribution < -0.4 is 4.90 Å². The van der Waals surface area contributed by atoms with Gasteiger partial charge in [0.25, 0.3) is 0 Å². The molecule has 0 aliphatic heterocycles. The summed E-state index contributed by atoms with van der Waals surface area (Å²) in [6.45, 7) is 11.1. The van der Waals surface area contributed by atoms with Crippen molar-refractivity contribution in [2.24, 2.45) is 0 Å². The first kappa shape index (κ1) is 15.0. The summed E-state index contributed by atoms with van der Waals surface area (Å²) in [5.74, 6) is 1.62. The van der Waals surface area contributed by atoms with Gasteiger partial charge in [-0.05, 0) is 13.0 Å². The zero-order valence-electron chi connectivity index (χ0n) is 13.3. The van der Waals surface area contributed by atoms with E-state index in [1.54, 1.807) is 0 Å². The van der Waals surface area contributed by atoms with E-state index in [4.69, 9.17) is 4.98 Å². The SMILES string of the molecule is C=CCN(CC=C)c1nc(-c2ccccc2)nc2[nH]c(C)cc12. The Hall–Kier alpha value is -2.88. The number of benzene rings is 1. The van der Waals surface area contributed by atoms with Crippen LogP contribution in [0.4, 0.5) is 5.82 Å². The second kappa shape index (κ2) is 6.48. The molecule has 0 radical (unpaired) electrons. The summed E-state index contributed by atoms with van der Waals surface area (Å²) < 4.78 is 0. The zero-order valence-corrected chi connectivity index (χ0v) is 13.3. The molecule has 0 unspecified atom stereocenters. The van der Waals surface area contributed by atoms with Crippen LogP contribution in [0.5, 0.6) is 0 Å². The standard InChI is InChI=1S/C19H20N4/c1-4-11-23(12-5-2)19-16-13-14(3)20-18(16)21-17(22-19)15-9-7-6-8-10-15/h4-10,13H,1-2,11-12H2,3H3,(H,20,21,22). The highest BCUT2D eigenvalue weighted by Crippen LogP contribution is 2.28. The minimum absolute atomic E-state index is 0.705. The van der Waals surface area contributed by atoms with E-state index in [0.29, 0.717) is 18.9 Å².